The van der Waals surface area contributed by atoms with Gasteiger partial charge in [0.25, 0.3) is 5.91 Å². The Morgan fingerprint density at radius 3 is 2.10 bits per heavy atom. The number of nitrogens with one attached hydrogen (secondary N) is 3. The van der Waals surface area contributed by atoms with Gasteiger partial charge < -0.3 is 10.4 Å². The fraction of sp³-hybridized carbons (Fsp3) is 0.182. The SMILES string of the molecule is O=C(O)NCc1ccc(C(=O)NNC(=O)C(F)(F)F)cc1. The highest BCUT2D eigenvalue weighted by atomic mass is 19.4. The van der Waals surface area contributed by atoms with Gasteiger partial charge in [-0.05, 0) is 17.7 Å². The molecule has 0 atom stereocenters. The van der Waals surface area contributed by atoms with Crippen molar-refractivity contribution in [2.45, 2.75) is 12.7 Å². The fourth-order valence-corrected chi connectivity index (χ4v) is 1.21. The normalized spacial score (nSPS) is 10.6. The number of hydrogen-bond acceptors (Lipinski definition) is 3. The molecule has 21 heavy (non-hydrogen) atoms. The lowest BCUT2D eigenvalue weighted by Crippen LogP contribution is -2.47. The van der Waals surface area contributed by atoms with Crippen LogP contribution in [0.2, 0.25) is 0 Å². The van der Waals surface area contributed by atoms with E-state index in [-0.39, 0.29) is 12.1 Å². The van der Waals surface area contributed by atoms with Crippen molar-refractivity contribution in [2.24, 2.45) is 0 Å². The van der Waals surface area contributed by atoms with Crippen molar-refractivity contribution >= 4 is 17.9 Å². The standard InChI is InChI=1S/C11H10F3N3O4/c12-11(13,14)9(19)17-16-8(18)7-3-1-6(2-4-7)5-15-10(20)21/h1-4,15H,5H2,(H,16,18)(H,17,19)(H,20,21). The van der Waals surface area contributed by atoms with E-state index in [0.717, 1.165) is 0 Å². The van der Waals surface area contributed by atoms with Crippen LogP contribution < -0.4 is 16.2 Å². The molecule has 0 bridgehead atoms. The molecule has 0 aliphatic heterocycles. The van der Waals surface area contributed by atoms with Crippen LogP contribution in [0.25, 0.3) is 0 Å². The number of rotatable bonds is 3. The molecule has 7 nitrogen and oxygen atoms in total. The molecule has 0 spiro atoms. The summed E-state index contributed by atoms with van der Waals surface area (Å²) in [6.07, 6.45) is -6.31. The van der Waals surface area contributed by atoms with Gasteiger partial charge in [0, 0.05) is 12.1 Å². The summed E-state index contributed by atoms with van der Waals surface area (Å²) in [5, 5.41) is 10.5. The molecule has 0 saturated heterocycles. The molecule has 0 unspecified atom stereocenters. The zero-order valence-electron chi connectivity index (χ0n) is 10.3. The van der Waals surface area contributed by atoms with Gasteiger partial charge in [0.15, 0.2) is 0 Å². The Bertz CT molecular complexity index is 543. The van der Waals surface area contributed by atoms with Gasteiger partial charge >= 0.3 is 18.2 Å². The molecule has 0 radical (unpaired) electrons. The van der Waals surface area contributed by atoms with Gasteiger partial charge in [0.2, 0.25) is 0 Å². The lowest BCUT2D eigenvalue weighted by atomic mass is 10.1. The smallest absolute Gasteiger partial charge is 0.465 e. The molecule has 1 rings (SSSR count). The van der Waals surface area contributed by atoms with Crippen molar-refractivity contribution < 1.29 is 32.7 Å². The van der Waals surface area contributed by atoms with Gasteiger partial charge in [-0.2, -0.15) is 13.2 Å². The quantitative estimate of drug-likeness (QED) is 0.619. The van der Waals surface area contributed by atoms with Gasteiger partial charge in [0.05, 0.1) is 0 Å². The first-order valence-electron chi connectivity index (χ1n) is 5.43. The molecule has 1 aromatic carbocycles. The second-order valence-corrected chi connectivity index (χ2v) is 3.76. The summed E-state index contributed by atoms with van der Waals surface area (Å²) in [6, 6.07) is 5.37. The van der Waals surface area contributed by atoms with E-state index < -0.39 is 24.1 Å². The topological polar surface area (TPSA) is 108 Å². The molecule has 10 heteroatoms. The van der Waals surface area contributed by atoms with Crippen LogP contribution in [0, 0.1) is 0 Å². The Labute approximate surface area is 116 Å². The lowest BCUT2D eigenvalue weighted by Gasteiger charge is -2.09. The highest BCUT2D eigenvalue weighted by Crippen LogP contribution is 2.13. The predicted octanol–water partition coefficient (Wildman–Crippen LogP) is 0.778. The Kier molecular flexibility index (Phi) is 5.11. The van der Waals surface area contributed by atoms with Crippen LogP contribution in [0.3, 0.4) is 0 Å². The summed E-state index contributed by atoms with van der Waals surface area (Å²) >= 11 is 0. The Morgan fingerprint density at radius 2 is 1.62 bits per heavy atom. The van der Waals surface area contributed by atoms with Crippen molar-refractivity contribution in [1.82, 2.24) is 16.2 Å². The van der Waals surface area contributed by atoms with E-state index in [1.54, 1.807) is 5.43 Å². The van der Waals surface area contributed by atoms with Crippen LogP contribution in [-0.4, -0.2) is 29.2 Å². The maximum absolute atomic E-state index is 11.9. The zero-order chi connectivity index (χ0) is 16.0. The van der Waals surface area contributed by atoms with E-state index in [0.29, 0.717) is 5.56 Å². The number of carbonyl (C=O) groups excluding carboxylic acids is 2. The maximum Gasteiger partial charge on any atom is 0.472 e. The molecule has 0 fully saturated rings. The van der Waals surface area contributed by atoms with Gasteiger partial charge in [-0.25, -0.2) is 4.79 Å². The monoisotopic (exact) mass is 305 g/mol. The molecule has 0 aliphatic rings. The summed E-state index contributed by atoms with van der Waals surface area (Å²) in [4.78, 5) is 32.2. The fourth-order valence-electron chi connectivity index (χ4n) is 1.21. The highest BCUT2D eigenvalue weighted by molar-refractivity contribution is 5.95. The third-order valence-electron chi connectivity index (χ3n) is 2.21. The van der Waals surface area contributed by atoms with Gasteiger partial charge in [0.1, 0.15) is 0 Å². The molecule has 0 aliphatic carbocycles. The van der Waals surface area contributed by atoms with Crippen LogP contribution in [0.15, 0.2) is 24.3 Å². The third kappa shape index (κ3) is 5.38. The zero-order valence-corrected chi connectivity index (χ0v) is 10.3. The molecule has 3 amide bonds. The van der Waals surface area contributed by atoms with Gasteiger partial charge in [-0.15, -0.1) is 0 Å². The Hall–Kier alpha value is -2.78. The molecule has 0 aromatic heterocycles. The van der Waals surface area contributed by atoms with E-state index in [4.69, 9.17) is 5.11 Å². The van der Waals surface area contributed by atoms with E-state index >= 15 is 0 Å². The number of alkyl halides is 3. The van der Waals surface area contributed by atoms with Crippen molar-refractivity contribution in [3.8, 4) is 0 Å². The molecular formula is C11H10F3N3O4. The minimum Gasteiger partial charge on any atom is -0.465 e. The molecule has 0 heterocycles. The van der Waals surface area contributed by atoms with E-state index in [2.05, 4.69) is 5.32 Å². The van der Waals surface area contributed by atoms with E-state index in [1.165, 1.54) is 29.7 Å². The van der Waals surface area contributed by atoms with Crippen LogP contribution in [0.4, 0.5) is 18.0 Å². The molecule has 114 valence electrons. The largest absolute Gasteiger partial charge is 0.472 e. The van der Waals surface area contributed by atoms with Gasteiger partial charge in [-0.3, -0.25) is 20.4 Å². The number of halogens is 3. The average Bonchev–Trinajstić information content (AvgIpc) is 2.41. The first-order valence-corrected chi connectivity index (χ1v) is 5.43. The minimum absolute atomic E-state index is 0.00319. The summed E-state index contributed by atoms with van der Waals surface area (Å²) < 4.78 is 35.7. The van der Waals surface area contributed by atoms with Crippen molar-refractivity contribution in [3.05, 3.63) is 35.4 Å². The lowest BCUT2D eigenvalue weighted by molar-refractivity contribution is -0.174. The maximum atomic E-state index is 11.9. The second kappa shape index (κ2) is 6.59. The van der Waals surface area contributed by atoms with Crippen molar-refractivity contribution in [3.63, 3.8) is 0 Å². The number of hydrazine groups is 1. The van der Waals surface area contributed by atoms with Crippen LogP contribution in [0.1, 0.15) is 15.9 Å². The first-order chi connectivity index (χ1) is 9.70. The number of carbonyl (C=O) groups is 3. The molecule has 1 aromatic rings. The summed E-state index contributed by atoms with van der Waals surface area (Å²) in [5.41, 5.74) is 3.37. The third-order valence-corrected chi connectivity index (χ3v) is 2.21. The van der Waals surface area contributed by atoms with Gasteiger partial charge in [-0.1, -0.05) is 12.1 Å². The van der Waals surface area contributed by atoms with Crippen molar-refractivity contribution in [2.75, 3.05) is 0 Å². The van der Waals surface area contributed by atoms with Crippen molar-refractivity contribution in [1.29, 1.82) is 0 Å². The number of carboxylic acid groups (broad SMARTS) is 1. The number of benzene rings is 1. The predicted molar refractivity (Wildman–Crippen MR) is 63.0 cm³/mol. The molecular weight excluding hydrogens is 295 g/mol. The van der Waals surface area contributed by atoms with E-state index in [9.17, 15) is 27.6 Å². The van der Waals surface area contributed by atoms with Crippen LogP contribution in [0.5, 0.6) is 0 Å². The molecule has 0 saturated carbocycles. The number of amides is 3. The molecule has 4 N–H and O–H groups in total. The van der Waals surface area contributed by atoms with Crippen LogP contribution in [-0.2, 0) is 11.3 Å². The van der Waals surface area contributed by atoms with Crippen LogP contribution >= 0.6 is 0 Å². The number of hydrogen-bond donors (Lipinski definition) is 4. The summed E-state index contributed by atoms with van der Waals surface area (Å²) in [7, 11) is 0. The minimum atomic E-state index is -5.10. The second-order valence-electron chi connectivity index (χ2n) is 3.76. The Morgan fingerprint density at radius 1 is 1.05 bits per heavy atom. The average molecular weight is 305 g/mol. The summed E-state index contributed by atoms with van der Waals surface area (Å²) in [5.74, 6) is -3.23. The Balaban J connectivity index is 2.55. The summed E-state index contributed by atoms with van der Waals surface area (Å²) in [6.45, 7) is 0.0159. The van der Waals surface area contributed by atoms with E-state index in [1.807, 2.05) is 0 Å². The highest BCUT2D eigenvalue weighted by Gasteiger charge is 2.38. The first kappa shape index (κ1) is 16.3.